The largest absolute Gasteiger partial charge is 0.511 e. The Morgan fingerprint density at radius 1 is 1.26 bits per heavy atom. The molecule has 2 N–H and O–H groups in total. The number of benzene rings is 2. The number of halogens is 2. The van der Waals surface area contributed by atoms with Crippen molar-refractivity contribution in [1.82, 2.24) is 4.57 Å². The molecule has 0 spiro atoms. The summed E-state index contributed by atoms with van der Waals surface area (Å²) in [5.41, 5.74) is 0.952. The Balaban J connectivity index is 2.17. The maximum Gasteiger partial charge on any atom is 0.511 e. The number of pyridine rings is 1. The van der Waals surface area contributed by atoms with Gasteiger partial charge in [-0.25, -0.2) is 9.18 Å². The molecule has 0 aliphatic carbocycles. The molecule has 1 atom stereocenters. The minimum Gasteiger partial charge on any atom is -0.449 e. The van der Waals surface area contributed by atoms with E-state index in [9.17, 15) is 19.1 Å². The van der Waals surface area contributed by atoms with Crippen LogP contribution in [-0.2, 0) is 6.42 Å². The minimum atomic E-state index is -1.61. The van der Waals surface area contributed by atoms with Crippen LogP contribution in [0.4, 0.5) is 9.18 Å². The Morgan fingerprint density at radius 3 is 2.65 bits per heavy atom. The third kappa shape index (κ3) is 5.06. The molecule has 0 unspecified atom stereocenters. The van der Waals surface area contributed by atoms with Gasteiger partial charge in [0.25, 0.3) is 0 Å². The molecule has 0 radical (unpaired) electrons. The van der Waals surface area contributed by atoms with Gasteiger partial charge in [0.2, 0.25) is 5.43 Å². The summed E-state index contributed by atoms with van der Waals surface area (Å²) in [4.78, 5) is 24.0. The molecule has 0 amide bonds. The predicted octanol–water partition coefficient (Wildman–Crippen LogP) is 5.02. The molecule has 0 saturated heterocycles. The molecule has 1 heterocycles. The number of fused-ring (bicyclic) bond motifs is 1. The summed E-state index contributed by atoms with van der Waals surface area (Å²) in [6, 6.07) is 9.40. The van der Waals surface area contributed by atoms with Crippen molar-refractivity contribution in [2.75, 3.05) is 6.61 Å². The van der Waals surface area contributed by atoms with Crippen molar-refractivity contribution in [3.8, 4) is 5.75 Å². The summed E-state index contributed by atoms with van der Waals surface area (Å²) in [7, 11) is 0. The second-order valence-corrected chi connectivity index (χ2v) is 8.21. The highest BCUT2D eigenvalue weighted by molar-refractivity contribution is 6.30. The van der Waals surface area contributed by atoms with E-state index in [1.807, 2.05) is 13.8 Å². The van der Waals surface area contributed by atoms with Crippen LogP contribution in [0, 0.1) is 11.7 Å². The van der Waals surface area contributed by atoms with Crippen molar-refractivity contribution in [3.05, 3.63) is 74.8 Å². The average Bonchev–Trinajstić information content (AvgIpc) is 2.71. The number of carboxylic acid groups (broad SMARTS) is 1. The lowest BCUT2D eigenvalue weighted by Crippen LogP contribution is -2.21. The molecule has 31 heavy (non-hydrogen) atoms. The topological polar surface area (TPSA) is 88.8 Å². The van der Waals surface area contributed by atoms with E-state index in [0.717, 1.165) is 0 Å². The summed E-state index contributed by atoms with van der Waals surface area (Å²) in [5, 5.41) is 19.2. The van der Waals surface area contributed by atoms with Crippen LogP contribution in [-0.4, -0.2) is 27.5 Å². The van der Waals surface area contributed by atoms with Gasteiger partial charge in [0.05, 0.1) is 29.4 Å². The summed E-state index contributed by atoms with van der Waals surface area (Å²) < 4.78 is 20.7. The Hall–Kier alpha value is -2.90. The molecular weight excluding hydrogens is 425 g/mol. The fourth-order valence-corrected chi connectivity index (χ4v) is 3.88. The number of aromatic nitrogens is 1. The highest BCUT2D eigenvalue weighted by atomic mass is 35.5. The van der Waals surface area contributed by atoms with E-state index in [1.165, 1.54) is 12.3 Å². The molecule has 3 aromatic rings. The lowest BCUT2D eigenvalue weighted by Gasteiger charge is -2.23. The molecule has 2 aromatic carbocycles. The van der Waals surface area contributed by atoms with Crippen LogP contribution in [0.3, 0.4) is 0 Å². The standard InChI is InChI=1S/C23H23ClFNO5/c1-13(2)8-16(12-27)26-11-20(31-23(29)30)22(28)17-10-14(6-7-19(17)26)9-15-4-3-5-18(24)21(15)25/h3-7,10-11,13,16,27H,8-9,12H2,1-2H3,(H,29,30)/t16-/m0/s1. The smallest absolute Gasteiger partial charge is 0.449 e. The maximum atomic E-state index is 14.3. The number of carbonyl (C=O) groups is 1. The molecule has 0 saturated carbocycles. The van der Waals surface area contributed by atoms with Gasteiger partial charge in [0.1, 0.15) is 5.82 Å². The normalized spacial score (nSPS) is 12.3. The summed E-state index contributed by atoms with van der Waals surface area (Å²) >= 11 is 5.86. The second-order valence-electron chi connectivity index (χ2n) is 7.80. The number of rotatable bonds is 7. The number of nitrogens with zero attached hydrogens (tertiary/aromatic N) is 1. The molecule has 164 valence electrons. The number of ether oxygens (including phenoxy) is 1. The molecule has 0 bridgehead atoms. The molecule has 0 fully saturated rings. The molecule has 6 nitrogen and oxygen atoms in total. The average molecular weight is 448 g/mol. The zero-order valence-electron chi connectivity index (χ0n) is 17.1. The first kappa shape index (κ1) is 22.8. The summed E-state index contributed by atoms with van der Waals surface area (Å²) in [6.07, 6.45) is 0.514. The second kappa shape index (κ2) is 9.49. The van der Waals surface area contributed by atoms with Gasteiger partial charge in [-0.1, -0.05) is 43.6 Å². The van der Waals surface area contributed by atoms with Crippen molar-refractivity contribution in [2.24, 2.45) is 5.92 Å². The van der Waals surface area contributed by atoms with Crippen LogP contribution in [0.2, 0.25) is 5.02 Å². The van der Waals surface area contributed by atoms with Crippen molar-refractivity contribution in [3.63, 3.8) is 0 Å². The van der Waals surface area contributed by atoms with Crippen LogP contribution >= 0.6 is 11.6 Å². The van der Waals surface area contributed by atoms with Gasteiger partial charge < -0.3 is 19.5 Å². The minimum absolute atomic E-state index is 0.0114. The zero-order chi connectivity index (χ0) is 22.7. The van der Waals surface area contributed by atoms with Crippen molar-refractivity contribution < 1.29 is 24.1 Å². The van der Waals surface area contributed by atoms with E-state index in [-0.39, 0.29) is 41.1 Å². The first-order valence-corrected chi connectivity index (χ1v) is 10.2. The lowest BCUT2D eigenvalue weighted by atomic mass is 10.0. The van der Waals surface area contributed by atoms with Crippen LogP contribution in [0.15, 0.2) is 47.4 Å². The highest BCUT2D eigenvalue weighted by Gasteiger charge is 2.19. The number of aliphatic hydroxyl groups is 1. The zero-order valence-corrected chi connectivity index (χ0v) is 17.9. The van der Waals surface area contributed by atoms with Crippen molar-refractivity contribution >= 4 is 28.7 Å². The van der Waals surface area contributed by atoms with Crippen molar-refractivity contribution in [1.29, 1.82) is 0 Å². The molecule has 0 aliphatic rings. The number of hydrogen-bond donors (Lipinski definition) is 2. The maximum absolute atomic E-state index is 14.3. The van der Waals surface area contributed by atoms with Crippen LogP contribution in [0.25, 0.3) is 10.9 Å². The fourth-order valence-electron chi connectivity index (χ4n) is 3.68. The van der Waals surface area contributed by atoms with Gasteiger partial charge in [-0.3, -0.25) is 4.79 Å². The van der Waals surface area contributed by atoms with Gasteiger partial charge in [-0.15, -0.1) is 0 Å². The molecule has 3 rings (SSSR count). The van der Waals surface area contributed by atoms with E-state index in [2.05, 4.69) is 0 Å². The Bertz CT molecular complexity index is 1170. The van der Waals surface area contributed by atoms with Crippen LogP contribution in [0.5, 0.6) is 5.75 Å². The van der Waals surface area contributed by atoms with Gasteiger partial charge in [0, 0.05) is 11.8 Å². The van der Waals surface area contributed by atoms with Crippen molar-refractivity contribution in [2.45, 2.75) is 32.7 Å². The van der Waals surface area contributed by atoms with Gasteiger partial charge in [-0.2, -0.15) is 0 Å². The first-order valence-electron chi connectivity index (χ1n) is 9.83. The molecule has 0 aliphatic heterocycles. The number of aliphatic hydroxyl groups excluding tert-OH is 1. The SMILES string of the molecule is CC(C)C[C@@H](CO)n1cc(OC(=O)O)c(=O)c2cc(Cc3cccc(Cl)c3F)ccc21. The lowest BCUT2D eigenvalue weighted by molar-refractivity contribution is 0.143. The first-order chi connectivity index (χ1) is 14.7. The third-order valence-electron chi connectivity index (χ3n) is 5.03. The Morgan fingerprint density at radius 2 is 2.00 bits per heavy atom. The molecule has 1 aromatic heterocycles. The quantitative estimate of drug-likeness (QED) is 0.496. The van der Waals surface area contributed by atoms with E-state index < -0.39 is 17.4 Å². The molecule has 8 heteroatoms. The van der Waals surface area contributed by atoms with Gasteiger partial charge in [-0.05, 0) is 41.7 Å². The summed E-state index contributed by atoms with van der Waals surface area (Å²) in [5.74, 6) is -0.629. The highest BCUT2D eigenvalue weighted by Crippen LogP contribution is 2.27. The predicted molar refractivity (Wildman–Crippen MR) is 117 cm³/mol. The van der Waals surface area contributed by atoms with E-state index >= 15 is 0 Å². The fraction of sp³-hybridized carbons (Fsp3) is 0.304. The van der Waals surface area contributed by atoms with Crippen LogP contribution < -0.4 is 10.2 Å². The third-order valence-corrected chi connectivity index (χ3v) is 5.33. The van der Waals surface area contributed by atoms with Gasteiger partial charge in [0.15, 0.2) is 5.75 Å². The van der Waals surface area contributed by atoms with Gasteiger partial charge >= 0.3 is 6.16 Å². The van der Waals surface area contributed by atoms with E-state index in [4.69, 9.17) is 21.4 Å². The van der Waals surface area contributed by atoms with E-state index in [1.54, 1.807) is 34.9 Å². The Kier molecular flexibility index (Phi) is 6.97. The Labute approximate surface area is 183 Å². The van der Waals surface area contributed by atoms with E-state index in [0.29, 0.717) is 23.1 Å². The number of hydrogen-bond acceptors (Lipinski definition) is 4. The monoisotopic (exact) mass is 447 g/mol. The summed E-state index contributed by atoms with van der Waals surface area (Å²) in [6.45, 7) is 3.80. The van der Waals surface area contributed by atoms with Crippen LogP contribution in [0.1, 0.15) is 37.4 Å². The molecular formula is C23H23ClFNO5.